The van der Waals surface area contributed by atoms with Gasteiger partial charge in [0.15, 0.2) is 0 Å². The number of ether oxygens (including phenoxy) is 1. The molecule has 1 aliphatic heterocycles. The first-order chi connectivity index (χ1) is 7.75. The van der Waals surface area contributed by atoms with Crippen molar-refractivity contribution in [3.05, 3.63) is 26.8 Å². The number of halogens is 2. The van der Waals surface area contributed by atoms with Crippen molar-refractivity contribution in [3.8, 4) is 0 Å². The highest BCUT2D eigenvalue weighted by Crippen LogP contribution is 2.24. The Morgan fingerprint density at radius 3 is 3.00 bits per heavy atom. The van der Waals surface area contributed by atoms with Crippen molar-refractivity contribution in [2.24, 2.45) is 0 Å². The van der Waals surface area contributed by atoms with Crippen molar-refractivity contribution in [2.45, 2.75) is 25.4 Å². The van der Waals surface area contributed by atoms with Crippen LogP contribution >= 0.6 is 34.2 Å². The lowest BCUT2D eigenvalue weighted by molar-refractivity contribution is 0.0247. The number of rotatable bonds is 3. The van der Waals surface area contributed by atoms with E-state index >= 15 is 0 Å². The van der Waals surface area contributed by atoms with E-state index in [9.17, 15) is 0 Å². The third kappa shape index (κ3) is 3.50. The van der Waals surface area contributed by atoms with Gasteiger partial charge in [0.05, 0.1) is 16.8 Å². The normalized spacial score (nSPS) is 20.8. The van der Waals surface area contributed by atoms with E-state index in [2.05, 4.69) is 34.0 Å². The molecule has 1 heterocycles. The highest BCUT2D eigenvalue weighted by Gasteiger charge is 2.13. The molecule has 1 unspecified atom stereocenters. The van der Waals surface area contributed by atoms with Crippen molar-refractivity contribution >= 4 is 39.9 Å². The predicted molar refractivity (Wildman–Crippen MR) is 76.2 cm³/mol. The van der Waals surface area contributed by atoms with Crippen LogP contribution in [0.1, 0.15) is 19.3 Å². The van der Waals surface area contributed by atoms with Gasteiger partial charge in [0.2, 0.25) is 0 Å². The summed E-state index contributed by atoms with van der Waals surface area (Å²) in [6.07, 6.45) is 3.95. The summed E-state index contributed by atoms with van der Waals surface area (Å²) in [7, 11) is 0. The zero-order valence-electron chi connectivity index (χ0n) is 9.01. The number of anilines is 1. The third-order valence-electron chi connectivity index (χ3n) is 2.73. The van der Waals surface area contributed by atoms with Crippen LogP contribution in [-0.4, -0.2) is 19.3 Å². The van der Waals surface area contributed by atoms with Crippen molar-refractivity contribution in [1.29, 1.82) is 0 Å². The molecule has 0 radical (unpaired) electrons. The number of hydrogen-bond donors (Lipinski definition) is 1. The first-order valence-corrected chi connectivity index (χ1v) is 7.02. The molecular formula is C12H15ClINO. The van der Waals surface area contributed by atoms with Crippen LogP contribution in [0.15, 0.2) is 18.2 Å². The Kier molecular flexibility index (Phi) is 4.73. The van der Waals surface area contributed by atoms with Gasteiger partial charge in [-0.2, -0.15) is 0 Å². The molecule has 0 aromatic heterocycles. The van der Waals surface area contributed by atoms with Crippen molar-refractivity contribution < 1.29 is 4.74 Å². The van der Waals surface area contributed by atoms with Crippen LogP contribution in [0.25, 0.3) is 0 Å². The number of nitrogens with one attached hydrogen (secondary N) is 1. The van der Waals surface area contributed by atoms with Crippen LogP contribution in [0.2, 0.25) is 5.02 Å². The molecule has 0 spiro atoms. The molecule has 0 bridgehead atoms. The molecule has 2 rings (SSSR count). The average molecular weight is 352 g/mol. The molecule has 4 heteroatoms. The van der Waals surface area contributed by atoms with Gasteiger partial charge in [0.1, 0.15) is 0 Å². The Morgan fingerprint density at radius 1 is 1.44 bits per heavy atom. The van der Waals surface area contributed by atoms with E-state index in [1.165, 1.54) is 12.8 Å². The van der Waals surface area contributed by atoms with Crippen LogP contribution in [0.3, 0.4) is 0 Å². The van der Waals surface area contributed by atoms with Crippen LogP contribution in [0.4, 0.5) is 5.69 Å². The van der Waals surface area contributed by atoms with E-state index in [0.717, 1.165) is 33.9 Å². The lowest BCUT2D eigenvalue weighted by Gasteiger charge is -2.23. The minimum Gasteiger partial charge on any atom is -0.381 e. The molecule has 1 aromatic rings. The van der Waals surface area contributed by atoms with Gasteiger partial charge in [-0.15, -0.1) is 0 Å². The zero-order chi connectivity index (χ0) is 11.4. The number of hydrogen-bond acceptors (Lipinski definition) is 2. The molecule has 1 saturated heterocycles. The molecule has 88 valence electrons. The minimum absolute atomic E-state index is 0.337. The Bertz CT molecular complexity index is 353. The summed E-state index contributed by atoms with van der Waals surface area (Å²) >= 11 is 8.40. The van der Waals surface area contributed by atoms with Gasteiger partial charge in [-0.3, -0.25) is 0 Å². The Hall–Kier alpha value is -0.000000000000000132. The molecule has 1 aromatic carbocycles. The van der Waals surface area contributed by atoms with Crippen molar-refractivity contribution in [3.63, 3.8) is 0 Å². The second-order valence-electron chi connectivity index (χ2n) is 3.99. The summed E-state index contributed by atoms with van der Waals surface area (Å²) in [5.74, 6) is 0. The summed E-state index contributed by atoms with van der Waals surface area (Å²) in [6, 6.07) is 6.04. The van der Waals surface area contributed by atoms with Gasteiger partial charge in [0.25, 0.3) is 0 Å². The molecule has 0 saturated carbocycles. The molecule has 0 aliphatic carbocycles. The largest absolute Gasteiger partial charge is 0.381 e. The summed E-state index contributed by atoms with van der Waals surface area (Å²) in [4.78, 5) is 0. The lowest BCUT2D eigenvalue weighted by Crippen LogP contribution is -2.27. The molecule has 2 nitrogen and oxygen atoms in total. The molecule has 1 N–H and O–H groups in total. The summed E-state index contributed by atoms with van der Waals surface area (Å²) in [6.45, 7) is 1.74. The smallest absolute Gasteiger partial charge is 0.0747 e. The van der Waals surface area contributed by atoms with Crippen molar-refractivity contribution in [1.82, 2.24) is 0 Å². The van der Waals surface area contributed by atoms with Crippen LogP contribution in [0, 0.1) is 3.57 Å². The maximum Gasteiger partial charge on any atom is 0.0747 e. The van der Waals surface area contributed by atoms with Gasteiger partial charge in [-0.1, -0.05) is 11.6 Å². The number of benzene rings is 1. The Labute approximate surface area is 115 Å². The maximum atomic E-state index is 6.14. The van der Waals surface area contributed by atoms with E-state index in [0.29, 0.717) is 6.10 Å². The zero-order valence-corrected chi connectivity index (χ0v) is 11.9. The topological polar surface area (TPSA) is 21.3 Å². The van der Waals surface area contributed by atoms with Gasteiger partial charge in [0, 0.05) is 16.7 Å². The first-order valence-electron chi connectivity index (χ1n) is 5.56. The van der Waals surface area contributed by atoms with E-state index in [1.807, 2.05) is 12.1 Å². The van der Waals surface area contributed by atoms with E-state index < -0.39 is 0 Å². The molecule has 1 fully saturated rings. The molecule has 1 aliphatic rings. The Balaban J connectivity index is 1.88. The van der Waals surface area contributed by atoms with Crippen molar-refractivity contribution in [2.75, 3.05) is 18.5 Å². The third-order valence-corrected chi connectivity index (χ3v) is 3.71. The van der Waals surface area contributed by atoms with E-state index in [4.69, 9.17) is 16.3 Å². The van der Waals surface area contributed by atoms with Gasteiger partial charge in [-0.05, 0) is 60.1 Å². The van der Waals surface area contributed by atoms with Gasteiger partial charge in [-0.25, -0.2) is 0 Å². The molecule has 1 atom stereocenters. The summed E-state index contributed by atoms with van der Waals surface area (Å²) < 4.78 is 6.81. The average Bonchev–Trinajstić information content (AvgIpc) is 2.29. The summed E-state index contributed by atoms with van der Waals surface area (Å²) in [5.41, 5.74) is 0.997. The second-order valence-corrected chi connectivity index (χ2v) is 5.65. The predicted octanol–water partition coefficient (Wildman–Crippen LogP) is 3.93. The lowest BCUT2D eigenvalue weighted by atomic mass is 10.1. The fourth-order valence-corrected chi connectivity index (χ4v) is 2.75. The molecule has 0 amide bonds. The first kappa shape index (κ1) is 12.5. The maximum absolute atomic E-state index is 6.14. The van der Waals surface area contributed by atoms with Crippen LogP contribution < -0.4 is 5.32 Å². The van der Waals surface area contributed by atoms with Crippen LogP contribution in [0.5, 0.6) is 0 Å². The highest BCUT2D eigenvalue weighted by molar-refractivity contribution is 14.1. The monoisotopic (exact) mass is 351 g/mol. The Morgan fingerprint density at radius 2 is 2.31 bits per heavy atom. The molecular weight excluding hydrogens is 336 g/mol. The summed E-state index contributed by atoms with van der Waals surface area (Å²) in [5, 5.41) is 4.13. The SMILES string of the molecule is Clc1cc(I)ccc1NCC1CCCCO1. The standard InChI is InChI=1S/C12H15ClINO/c13-11-7-9(14)4-5-12(11)15-8-10-3-1-2-6-16-10/h4-5,7,10,15H,1-3,6,8H2. The van der Waals surface area contributed by atoms with Gasteiger partial charge < -0.3 is 10.1 Å². The highest BCUT2D eigenvalue weighted by atomic mass is 127. The minimum atomic E-state index is 0.337. The van der Waals surface area contributed by atoms with Crippen LogP contribution in [-0.2, 0) is 4.74 Å². The molecule has 16 heavy (non-hydrogen) atoms. The fraction of sp³-hybridized carbons (Fsp3) is 0.500. The van der Waals surface area contributed by atoms with E-state index in [1.54, 1.807) is 0 Å². The fourth-order valence-electron chi connectivity index (χ4n) is 1.83. The van der Waals surface area contributed by atoms with Gasteiger partial charge >= 0.3 is 0 Å². The quantitative estimate of drug-likeness (QED) is 0.833. The van der Waals surface area contributed by atoms with E-state index in [-0.39, 0.29) is 0 Å². The second kappa shape index (κ2) is 6.07.